The first-order valence-electron chi connectivity index (χ1n) is 6.97. The van der Waals surface area contributed by atoms with E-state index in [0.29, 0.717) is 11.7 Å². The lowest BCUT2D eigenvalue weighted by molar-refractivity contribution is 0.102. The zero-order valence-corrected chi connectivity index (χ0v) is 12.7. The third kappa shape index (κ3) is 3.25. The van der Waals surface area contributed by atoms with Gasteiger partial charge in [-0.3, -0.25) is 4.79 Å². The van der Waals surface area contributed by atoms with E-state index in [4.69, 9.17) is 4.74 Å². The Morgan fingerprint density at radius 3 is 2.76 bits per heavy atom. The molecule has 1 unspecified atom stereocenters. The van der Waals surface area contributed by atoms with Crippen molar-refractivity contribution in [2.75, 3.05) is 30.4 Å². The topological polar surface area (TPSA) is 41.6 Å². The molecule has 1 aromatic carbocycles. The molecular weight excluding hydrogens is 284 g/mol. The van der Waals surface area contributed by atoms with Gasteiger partial charge in [0.2, 0.25) is 0 Å². The summed E-state index contributed by atoms with van der Waals surface area (Å²) in [5.74, 6) is -0.0652. The van der Waals surface area contributed by atoms with Crippen molar-refractivity contribution >= 4 is 28.6 Å². The molecule has 110 valence electrons. The van der Waals surface area contributed by atoms with Crippen LogP contribution in [0.3, 0.4) is 0 Å². The van der Waals surface area contributed by atoms with Gasteiger partial charge in [0, 0.05) is 37.0 Å². The Morgan fingerprint density at radius 1 is 1.33 bits per heavy atom. The zero-order valence-electron chi connectivity index (χ0n) is 11.9. The molecule has 0 radical (unpaired) electrons. The van der Waals surface area contributed by atoms with Gasteiger partial charge in [-0.1, -0.05) is 0 Å². The van der Waals surface area contributed by atoms with E-state index in [1.165, 1.54) is 17.0 Å². The van der Waals surface area contributed by atoms with Crippen LogP contribution in [0.25, 0.3) is 0 Å². The standard InChI is InChI=1S/C16H18N2O2S/c1-20-15-6-8-18(10-15)14-4-2-13(3-5-14)17-16(19)12-7-9-21-11-12/h2-5,7,9,11,15H,6,8,10H2,1H3,(H,17,19). The van der Waals surface area contributed by atoms with Crippen molar-refractivity contribution in [3.63, 3.8) is 0 Å². The third-order valence-electron chi connectivity index (χ3n) is 3.75. The van der Waals surface area contributed by atoms with E-state index in [9.17, 15) is 4.79 Å². The molecule has 3 rings (SSSR count). The Kier molecular flexibility index (Phi) is 4.22. The normalized spacial score (nSPS) is 18.0. The molecule has 1 aliphatic rings. The van der Waals surface area contributed by atoms with Gasteiger partial charge >= 0.3 is 0 Å². The molecule has 5 heteroatoms. The summed E-state index contributed by atoms with van der Waals surface area (Å²) in [7, 11) is 1.76. The SMILES string of the molecule is COC1CCN(c2ccc(NC(=O)c3ccsc3)cc2)C1. The van der Waals surface area contributed by atoms with Gasteiger partial charge in [-0.25, -0.2) is 0 Å². The summed E-state index contributed by atoms with van der Waals surface area (Å²) in [5, 5.41) is 6.65. The van der Waals surface area contributed by atoms with Crippen LogP contribution in [0, 0.1) is 0 Å². The number of anilines is 2. The van der Waals surface area contributed by atoms with Crippen LogP contribution < -0.4 is 10.2 Å². The van der Waals surface area contributed by atoms with Crippen molar-refractivity contribution in [1.29, 1.82) is 0 Å². The van der Waals surface area contributed by atoms with E-state index >= 15 is 0 Å². The molecule has 1 atom stereocenters. The number of rotatable bonds is 4. The number of ether oxygens (including phenoxy) is 1. The highest BCUT2D eigenvalue weighted by Crippen LogP contribution is 2.23. The average Bonchev–Trinajstić information content (AvgIpc) is 3.19. The summed E-state index contributed by atoms with van der Waals surface area (Å²) in [6.45, 7) is 1.94. The predicted molar refractivity (Wildman–Crippen MR) is 86.3 cm³/mol. The molecule has 1 aromatic heterocycles. The molecule has 1 amide bonds. The lowest BCUT2D eigenvalue weighted by atomic mass is 10.2. The highest BCUT2D eigenvalue weighted by Gasteiger charge is 2.22. The van der Waals surface area contributed by atoms with Crippen molar-refractivity contribution in [1.82, 2.24) is 0 Å². The lowest BCUT2D eigenvalue weighted by Gasteiger charge is -2.18. The summed E-state index contributed by atoms with van der Waals surface area (Å²) >= 11 is 1.52. The fraction of sp³-hybridized carbons (Fsp3) is 0.312. The molecule has 1 saturated heterocycles. The summed E-state index contributed by atoms with van der Waals surface area (Å²) in [6.07, 6.45) is 1.38. The summed E-state index contributed by atoms with van der Waals surface area (Å²) in [5.41, 5.74) is 2.69. The summed E-state index contributed by atoms with van der Waals surface area (Å²) in [4.78, 5) is 14.3. The van der Waals surface area contributed by atoms with Gasteiger partial charge < -0.3 is 15.0 Å². The van der Waals surface area contributed by atoms with Crippen LogP contribution in [-0.4, -0.2) is 32.2 Å². The number of hydrogen-bond donors (Lipinski definition) is 1. The van der Waals surface area contributed by atoms with Crippen molar-refractivity contribution in [3.05, 3.63) is 46.7 Å². The highest BCUT2D eigenvalue weighted by molar-refractivity contribution is 7.08. The van der Waals surface area contributed by atoms with Gasteiger partial charge in [0.15, 0.2) is 0 Å². The fourth-order valence-electron chi connectivity index (χ4n) is 2.51. The lowest BCUT2D eigenvalue weighted by Crippen LogP contribution is -2.22. The van der Waals surface area contributed by atoms with Gasteiger partial charge in [-0.15, -0.1) is 0 Å². The monoisotopic (exact) mass is 302 g/mol. The van der Waals surface area contributed by atoms with Crippen molar-refractivity contribution < 1.29 is 9.53 Å². The average molecular weight is 302 g/mol. The van der Waals surface area contributed by atoms with Crippen LogP contribution in [0.15, 0.2) is 41.1 Å². The molecule has 0 aliphatic carbocycles. The van der Waals surface area contributed by atoms with E-state index < -0.39 is 0 Å². The zero-order chi connectivity index (χ0) is 14.7. The number of nitrogens with one attached hydrogen (secondary N) is 1. The highest BCUT2D eigenvalue weighted by atomic mass is 32.1. The van der Waals surface area contributed by atoms with Gasteiger partial charge in [0.25, 0.3) is 5.91 Å². The summed E-state index contributed by atoms with van der Waals surface area (Å²) in [6, 6.07) is 9.80. The van der Waals surface area contributed by atoms with Crippen LogP contribution in [-0.2, 0) is 4.74 Å². The second-order valence-corrected chi connectivity index (χ2v) is 5.89. The number of amides is 1. The van der Waals surface area contributed by atoms with Crippen molar-refractivity contribution in [2.24, 2.45) is 0 Å². The van der Waals surface area contributed by atoms with E-state index in [0.717, 1.165) is 25.2 Å². The Bertz CT molecular complexity index is 595. The molecule has 21 heavy (non-hydrogen) atoms. The smallest absolute Gasteiger partial charge is 0.256 e. The number of hydrogen-bond acceptors (Lipinski definition) is 4. The Balaban J connectivity index is 1.63. The van der Waals surface area contributed by atoms with Crippen molar-refractivity contribution in [2.45, 2.75) is 12.5 Å². The van der Waals surface area contributed by atoms with Crippen molar-refractivity contribution in [3.8, 4) is 0 Å². The van der Waals surface area contributed by atoms with E-state index in [1.807, 2.05) is 41.1 Å². The molecule has 4 nitrogen and oxygen atoms in total. The molecular formula is C16H18N2O2S. The molecule has 2 heterocycles. The quantitative estimate of drug-likeness (QED) is 0.943. The van der Waals surface area contributed by atoms with Crippen LogP contribution >= 0.6 is 11.3 Å². The van der Waals surface area contributed by atoms with Crippen LogP contribution in [0.4, 0.5) is 11.4 Å². The first kappa shape index (κ1) is 14.1. The van der Waals surface area contributed by atoms with E-state index in [2.05, 4.69) is 10.2 Å². The number of benzene rings is 1. The molecule has 0 spiro atoms. The minimum Gasteiger partial charge on any atom is -0.380 e. The minimum atomic E-state index is -0.0652. The Labute approximate surface area is 128 Å². The van der Waals surface area contributed by atoms with E-state index in [-0.39, 0.29) is 5.91 Å². The molecule has 0 saturated carbocycles. The van der Waals surface area contributed by atoms with Gasteiger partial charge in [-0.05, 0) is 42.1 Å². The van der Waals surface area contributed by atoms with Gasteiger partial charge in [0.05, 0.1) is 11.7 Å². The molecule has 0 bridgehead atoms. The maximum atomic E-state index is 12.0. The first-order valence-corrected chi connectivity index (χ1v) is 7.92. The van der Waals surface area contributed by atoms with Gasteiger partial charge in [-0.2, -0.15) is 11.3 Å². The second-order valence-electron chi connectivity index (χ2n) is 5.11. The number of thiophene rings is 1. The minimum absolute atomic E-state index is 0.0652. The van der Waals surface area contributed by atoms with E-state index in [1.54, 1.807) is 7.11 Å². The molecule has 1 aliphatic heterocycles. The van der Waals surface area contributed by atoms with Crippen LogP contribution in [0.1, 0.15) is 16.8 Å². The number of carbonyl (C=O) groups excluding carboxylic acids is 1. The Hall–Kier alpha value is -1.85. The number of carbonyl (C=O) groups is 1. The number of methoxy groups -OCH3 is 1. The molecule has 2 aromatic rings. The summed E-state index contributed by atoms with van der Waals surface area (Å²) < 4.78 is 5.38. The second kappa shape index (κ2) is 6.28. The fourth-order valence-corrected chi connectivity index (χ4v) is 3.14. The molecule has 1 N–H and O–H groups in total. The maximum absolute atomic E-state index is 12.0. The molecule has 1 fully saturated rings. The third-order valence-corrected chi connectivity index (χ3v) is 4.44. The maximum Gasteiger partial charge on any atom is 0.256 e. The van der Waals surface area contributed by atoms with Gasteiger partial charge in [0.1, 0.15) is 0 Å². The first-order chi connectivity index (χ1) is 10.3. The largest absolute Gasteiger partial charge is 0.380 e. The van der Waals surface area contributed by atoms with Crippen LogP contribution in [0.2, 0.25) is 0 Å². The predicted octanol–water partition coefficient (Wildman–Crippen LogP) is 3.23. The van der Waals surface area contributed by atoms with Crippen LogP contribution in [0.5, 0.6) is 0 Å². The Morgan fingerprint density at radius 2 is 2.14 bits per heavy atom. The number of nitrogens with zero attached hydrogens (tertiary/aromatic N) is 1.